The van der Waals surface area contributed by atoms with E-state index < -0.39 is 7.12 Å². The molecule has 12 heavy (non-hydrogen) atoms. The Bertz CT molecular complexity index is 140. The van der Waals surface area contributed by atoms with Crippen molar-refractivity contribution >= 4 is 7.12 Å². The van der Waals surface area contributed by atoms with Gasteiger partial charge in [0.25, 0.3) is 0 Å². The molecule has 0 fully saturated rings. The first-order valence-corrected chi connectivity index (χ1v) is 4.32. The fourth-order valence-corrected chi connectivity index (χ4v) is 0.638. The molecule has 3 heteroatoms. The quantitative estimate of drug-likeness (QED) is 0.517. The van der Waals surface area contributed by atoms with E-state index in [9.17, 15) is 5.02 Å². The summed E-state index contributed by atoms with van der Waals surface area (Å²) in [6.45, 7) is 11.7. The lowest BCUT2D eigenvalue weighted by atomic mass is 9.82. The zero-order chi connectivity index (χ0) is 9.78. The molecule has 0 aromatic carbocycles. The Morgan fingerprint density at radius 3 is 2.42 bits per heavy atom. The predicted molar refractivity (Wildman–Crippen MR) is 53.0 cm³/mol. The molecule has 0 spiro atoms. The van der Waals surface area contributed by atoms with Crippen molar-refractivity contribution in [3.05, 3.63) is 12.7 Å². The fourth-order valence-electron chi connectivity index (χ4n) is 0.638. The van der Waals surface area contributed by atoms with Crippen molar-refractivity contribution in [2.45, 2.75) is 40.1 Å². The molecule has 0 heterocycles. The van der Waals surface area contributed by atoms with Crippen LogP contribution in [-0.4, -0.2) is 18.2 Å². The van der Waals surface area contributed by atoms with Gasteiger partial charge in [-0.2, -0.15) is 0 Å². The summed E-state index contributed by atoms with van der Waals surface area (Å²) in [7, 11) is -0.711. The summed E-state index contributed by atoms with van der Waals surface area (Å²) in [6.07, 6.45) is 2.19. The SMILES string of the molecule is C=CCB(O)OC(C)C(C)(C)C. The molecule has 1 atom stereocenters. The molecular weight excluding hydrogens is 151 g/mol. The van der Waals surface area contributed by atoms with Gasteiger partial charge in [-0.05, 0) is 18.7 Å². The Balaban J connectivity index is 3.83. The summed E-state index contributed by atoms with van der Waals surface area (Å²) in [4.78, 5) is 0. The maximum absolute atomic E-state index is 9.29. The summed E-state index contributed by atoms with van der Waals surface area (Å²) < 4.78 is 5.34. The smallest absolute Gasteiger partial charge is 0.427 e. The van der Waals surface area contributed by atoms with E-state index in [-0.39, 0.29) is 11.5 Å². The highest BCUT2D eigenvalue weighted by Gasteiger charge is 2.24. The summed E-state index contributed by atoms with van der Waals surface area (Å²) in [5, 5.41) is 9.29. The number of hydrogen-bond acceptors (Lipinski definition) is 2. The highest BCUT2D eigenvalue weighted by Crippen LogP contribution is 2.22. The Morgan fingerprint density at radius 2 is 2.08 bits per heavy atom. The standard InChI is InChI=1S/C9H19BO2/c1-6-7-10(11)12-8(2)9(3,4)5/h6,8,11H,1,7H2,2-5H3. The van der Waals surface area contributed by atoms with Gasteiger partial charge in [0.05, 0.1) is 0 Å². The Labute approximate surface area is 75.8 Å². The molecule has 0 aliphatic carbocycles. The zero-order valence-corrected chi connectivity index (χ0v) is 8.50. The fraction of sp³-hybridized carbons (Fsp3) is 0.778. The van der Waals surface area contributed by atoms with Gasteiger partial charge >= 0.3 is 7.12 Å². The van der Waals surface area contributed by atoms with Crippen LogP contribution < -0.4 is 0 Å². The third-order valence-corrected chi connectivity index (χ3v) is 1.95. The van der Waals surface area contributed by atoms with Gasteiger partial charge in [-0.3, -0.25) is 0 Å². The van der Waals surface area contributed by atoms with Crippen molar-refractivity contribution in [3.8, 4) is 0 Å². The summed E-state index contributed by atoms with van der Waals surface area (Å²) in [5.74, 6) is 0. The van der Waals surface area contributed by atoms with Gasteiger partial charge in [0, 0.05) is 6.10 Å². The van der Waals surface area contributed by atoms with E-state index in [1.165, 1.54) is 0 Å². The van der Waals surface area contributed by atoms with Gasteiger partial charge in [0.2, 0.25) is 0 Å². The lowest BCUT2D eigenvalue weighted by molar-refractivity contribution is 0.0822. The van der Waals surface area contributed by atoms with Gasteiger partial charge in [-0.1, -0.05) is 26.8 Å². The first-order valence-electron chi connectivity index (χ1n) is 4.32. The van der Waals surface area contributed by atoms with Crippen LogP contribution in [0.2, 0.25) is 6.32 Å². The molecule has 0 aliphatic heterocycles. The zero-order valence-electron chi connectivity index (χ0n) is 8.50. The second-order valence-corrected chi connectivity index (χ2v) is 4.12. The molecule has 2 nitrogen and oxygen atoms in total. The average molecular weight is 170 g/mol. The minimum absolute atomic E-state index is 0.0486. The van der Waals surface area contributed by atoms with E-state index in [1.54, 1.807) is 6.08 Å². The van der Waals surface area contributed by atoms with E-state index >= 15 is 0 Å². The van der Waals surface area contributed by atoms with Crippen LogP contribution in [0.25, 0.3) is 0 Å². The van der Waals surface area contributed by atoms with Crippen LogP contribution >= 0.6 is 0 Å². The molecule has 0 saturated carbocycles. The normalized spacial score (nSPS) is 14.1. The van der Waals surface area contributed by atoms with Crippen LogP contribution in [0, 0.1) is 5.41 Å². The minimum atomic E-state index is -0.711. The lowest BCUT2D eigenvalue weighted by Gasteiger charge is -2.28. The van der Waals surface area contributed by atoms with Crippen molar-refractivity contribution in [1.29, 1.82) is 0 Å². The van der Waals surface area contributed by atoms with Crippen LogP contribution in [0.3, 0.4) is 0 Å². The van der Waals surface area contributed by atoms with E-state index in [2.05, 4.69) is 27.4 Å². The van der Waals surface area contributed by atoms with Crippen LogP contribution in [0.5, 0.6) is 0 Å². The van der Waals surface area contributed by atoms with Crippen molar-refractivity contribution < 1.29 is 9.68 Å². The first kappa shape index (κ1) is 11.7. The molecular formula is C9H19BO2. The molecule has 0 saturated heterocycles. The molecule has 0 amide bonds. The van der Waals surface area contributed by atoms with Crippen LogP contribution in [0.1, 0.15) is 27.7 Å². The second kappa shape index (κ2) is 4.68. The van der Waals surface area contributed by atoms with E-state index in [1.807, 2.05) is 6.92 Å². The van der Waals surface area contributed by atoms with Crippen molar-refractivity contribution in [2.24, 2.45) is 5.41 Å². The third kappa shape index (κ3) is 4.57. The third-order valence-electron chi connectivity index (χ3n) is 1.95. The summed E-state index contributed by atoms with van der Waals surface area (Å²) in [6, 6.07) is 0. The Morgan fingerprint density at radius 1 is 1.58 bits per heavy atom. The minimum Gasteiger partial charge on any atom is -0.427 e. The van der Waals surface area contributed by atoms with E-state index in [0.717, 1.165) is 0 Å². The van der Waals surface area contributed by atoms with Gasteiger partial charge in [-0.15, -0.1) is 6.58 Å². The maximum atomic E-state index is 9.29. The number of allylic oxidation sites excluding steroid dienone is 1. The van der Waals surface area contributed by atoms with Crippen molar-refractivity contribution in [2.75, 3.05) is 0 Å². The second-order valence-electron chi connectivity index (χ2n) is 4.12. The highest BCUT2D eigenvalue weighted by atomic mass is 16.5. The predicted octanol–water partition coefficient (Wildman–Crippen LogP) is 2.10. The van der Waals surface area contributed by atoms with Crippen LogP contribution in [0.4, 0.5) is 0 Å². The topological polar surface area (TPSA) is 29.5 Å². The van der Waals surface area contributed by atoms with Gasteiger partial charge in [0.15, 0.2) is 0 Å². The first-order chi connectivity index (χ1) is 5.38. The maximum Gasteiger partial charge on any atom is 0.458 e. The summed E-state index contributed by atoms with van der Waals surface area (Å²) >= 11 is 0. The highest BCUT2D eigenvalue weighted by molar-refractivity contribution is 6.43. The molecule has 0 bridgehead atoms. The molecule has 0 aliphatic rings. The molecule has 0 aromatic rings. The monoisotopic (exact) mass is 170 g/mol. The van der Waals surface area contributed by atoms with Gasteiger partial charge in [-0.25, -0.2) is 0 Å². The van der Waals surface area contributed by atoms with Crippen LogP contribution in [0.15, 0.2) is 12.7 Å². The van der Waals surface area contributed by atoms with E-state index in [4.69, 9.17) is 4.65 Å². The lowest BCUT2D eigenvalue weighted by Crippen LogP contribution is -2.32. The molecule has 0 aromatic heterocycles. The molecule has 70 valence electrons. The molecule has 1 N–H and O–H groups in total. The average Bonchev–Trinajstić information content (AvgIpc) is 1.85. The largest absolute Gasteiger partial charge is 0.458 e. The summed E-state index contributed by atoms with van der Waals surface area (Å²) in [5.41, 5.74) is 0.0716. The van der Waals surface area contributed by atoms with E-state index in [0.29, 0.717) is 6.32 Å². The number of hydrogen-bond donors (Lipinski definition) is 1. The molecule has 1 unspecified atom stereocenters. The number of rotatable bonds is 4. The van der Waals surface area contributed by atoms with Crippen molar-refractivity contribution in [1.82, 2.24) is 0 Å². The molecule has 0 rings (SSSR count). The Kier molecular flexibility index (Phi) is 4.57. The van der Waals surface area contributed by atoms with Gasteiger partial charge < -0.3 is 9.68 Å². The molecule has 0 radical (unpaired) electrons. The van der Waals surface area contributed by atoms with Crippen LogP contribution in [-0.2, 0) is 4.65 Å². The van der Waals surface area contributed by atoms with Crippen molar-refractivity contribution in [3.63, 3.8) is 0 Å². The van der Waals surface area contributed by atoms with Gasteiger partial charge in [0.1, 0.15) is 0 Å². The Hall–Kier alpha value is -0.275.